The van der Waals surface area contributed by atoms with Crippen LogP contribution in [-0.2, 0) is 11.3 Å². The van der Waals surface area contributed by atoms with E-state index in [1.54, 1.807) is 0 Å². The number of morpholine rings is 1. The Hall–Kier alpha value is -0.740. The van der Waals surface area contributed by atoms with Crippen LogP contribution in [0.2, 0.25) is 0 Å². The Morgan fingerprint density at radius 3 is 2.96 bits per heavy atom. The summed E-state index contributed by atoms with van der Waals surface area (Å²) in [5.41, 5.74) is 1.16. The lowest BCUT2D eigenvalue weighted by molar-refractivity contribution is 0.0529. The molecule has 3 heterocycles. The van der Waals surface area contributed by atoms with E-state index in [9.17, 15) is 0 Å². The van der Waals surface area contributed by atoms with Crippen LogP contribution < -0.4 is 15.5 Å². The van der Waals surface area contributed by atoms with Gasteiger partial charge >= 0.3 is 0 Å². The molecule has 0 bridgehead atoms. The summed E-state index contributed by atoms with van der Waals surface area (Å²) in [6.07, 6.45) is 4.86. The molecule has 146 valence electrons. The molecular weight excluding hydrogens is 461 g/mol. The van der Waals surface area contributed by atoms with E-state index in [2.05, 4.69) is 56.3 Å². The predicted octanol–water partition coefficient (Wildman–Crippen LogP) is 2.49. The van der Waals surface area contributed by atoms with Crippen LogP contribution in [-0.4, -0.2) is 61.3 Å². The Bertz CT molecular complexity index is 565. The summed E-state index contributed by atoms with van der Waals surface area (Å²) in [6.45, 7) is 6.40. The van der Waals surface area contributed by atoms with E-state index in [0.29, 0.717) is 0 Å². The van der Waals surface area contributed by atoms with Crippen molar-refractivity contribution in [3.63, 3.8) is 0 Å². The van der Waals surface area contributed by atoms with Gasteiger partial charge in [-0.05, 0) is 37.1 Å². The molecule has 0 radical (unpaired) electrons. The molecule has 26 heavy (non-hydrogen) atoms. The summed E-state index contributed by atoms with van der Waals surface area (Å²) in [7, 11) is 1.82. The minimum Gasteiger partial charge on any atom is -0.375 e. The van der Waals surface area contributed by atoms with Crippen molar-refractivity contribution in [2.45, 2.75) is 37.7 Å². The van der Waals surface area contributed by atoms with Crippen LogP contribution in [0.3, 0.4) is 0 Å². The van der Waals surface area contributed by atoms with Crippen LogP contribution in [0, 0.1) is 0 Å². The largest absolute Gasteiger partial charge is 0.375 e. The van der Waals surface area contributed by atoms with Crippen molar-refractivity contribution >= 4 is 47.5 Å². The van der Waals surface area contributed by atoms with Gasteiger partial charge in [-0.1, -0.05) is 6.07 Å². The maximum absolute atomic E-state index is 5.59. The molecule has 0 aliphatic carbocycles. The molecule has 6 nitrogen and oxygen atoms in total. The highest BCUT2D eigenvalue weighted by Gasteiger charge is 2.18. The first-order valence-corrected chi connectivity index (χ1v) is 10.2. The molecule has 2 aliphatic rings. The van der Waals surface area contributed by atoms with E-state index in [4.69, 9.17) is 4.74 Å². The number of thioether (sulfide) groups is 1. The van der Waals surface area contributed by atoms with Gasteiger partial charge in [-0.15, -0.1) is 24.0 Å². The molecular formula is C18H30IN5OS. The SMILES string of the molecule is CN=C(NCc1ccc(N2CCOC(C)C2)nc1)NCC1CCCS1.I. The van der Waals surface area contributed by atoms with Gasteiger partial charge in [-0.3, -0.25) is 4.99 Å². The number of rotatable bonds is 5. The molecule has 0 amide bonds. The third kappa shape index (κ3) is 6.45. The van der Waals surface area contributed by atoms with Crippen molar-refractivity contribution in [3.05, 3.63) is 23.9 Å². The highest BCUT2D eigenvalue weighted by molar-refractivity contribution is 14.0. The molecule has 0 aromatic carbocycles. The van der Waals surface area contributed by atoms with Crippen LogP contribution >= 0.6 is 35.7 Å². The number of hydrogen-bond donors (Lipinski definition) is 2. The number of pyridine rings is 1. The lowest BCUT2D eigenvalue weighted by Crippen LogP contribution is -2.41. The first kappa shape index (κ1) is 21.6. The Balaban J connectivity index is 0.00000243. The van der Waals surface area contributed by atoms with E-state index in [1.807, 2.05) is 13.2 Å². The van der Waals surface area contributed by atoms with Crippen LogP contribution in [0.1, 0.15) is 25.3 Å². The molecule has 0 saturated carbocycles. The van der Waals surface area contributed by atoms with Gasteiger partial charge in [-0.25, -0.2) is 4.98 Å². The molecule has 2 atom stereocenters. The molecule has 0 spiro atoms. The number of anilines is 1. The fraction of sp³-hybridized carbons (Fsp3) is 0.667. The summed E-state index contributed by atoms with van der Waals surface area (Å²) in [6, 6.07) is 4.23. The fourth-order valence-electron chi connectivity index (χ4n) is 3.16. The second-order valence-corrected chi connectivity index (χ2v) is 8.00. The molecule has 8 heteroatoms. The van der Waals surface area contributed by atoms with Crippen molar-refractivity contribution in [2.24, 2.45) is 4.99 Å². The van der Waals surface area contributed by atoms with E-state index < -0.39 is 0 Å². The van der Waals surface area contributed by atoms with Gasteiger partial charge in [0.05, 0.1) is 12.7 Å². The van der Waals surface area contributed by atoms with Gasteiger partial charge in [0.15, 0.2) is 5.96 Å². The smallest absolute Gasteiger partial charge is 0.191 e. The topological polar surface area (TPSA) is 61.8 Å². The molecule has 3 rings (SSSR count). The fourth-order valence-corrected chi connectivity index (χ4v) is 4.36. The Morgan fingerprint density at radius 1 is 1.42 bits per heavy atom. The number of nitrogens with zero attached hydrogens (tertiary/aromatic N) is 3. The zero-order valence-corrected chi connectivity index (χ0v) is 18.8. The summed E-state index contributed by atoms with van der Waals surface area (Å²) in [5.74, 6) is 3.18. The maximum atomic E-state index is 5.59. The average Bonchev–Trinajstić information content (AvgIpc) is 3.16. The molecule has 2 fully saturated rings. The average molecular weight is 491 g/mol. The number of aliphatic imine (C=N–C) groups is 1. The number of aromatic nitrogens is 1. The number of halogens is 1. The zero-order valence-electron chi connectivity index (χ0n) is 15.6. The highest BCUT2D eigenvalue weighted by Crippen LogP contribution is 2.25. The Morgan fingerprint density at radius 2 is 2.31 bits per heavy atom. The van der Waals surface area contributed by atoms with Crippen molar-refractivity contribution in [1.82, 2.24) is 15.6 Å². The van der Waals surface area contributed by atoms with Crippen molar-refractivity contribution in [2.75, 3.05) is 43.9 Å². The third-order valence-corrected chi connectivity index (χ3v) is 5.98. The third-order valence-electron chi connectivity index (χ3n) is 4.58. The first-order valence-electron chi connectivity index (χ1n) is 9.12. The number of guanidine groups is 1. The minimum atomic E-state index is 0. The monoisotopic (exact) mass is 491 g/mol. The van der Waals surface area contributed by atoms with E-state index >= 15 is 0 Å². The summed E-state index contributed by atoms with van der Waals surface area (Å²) in [4.78, 5) is 11.2. The van der Waals surface area contributed by atoms with E-state index in [1.165, 1.54) is 18.6 Å². The van der Waals surface area contributed by atoms with Gasteiger partial charge in [0.25, 0.3) is 0 Å². The van der Waals surface area contributed by atoms with Gasteiger partial charge in [0.1, 0.15) is 5.82 Å². The van der Waals surface area contributed by atoms with Crippen molar-refractivity contribution < 1.29 is 4.74 Å². The van der Waals surface area contributed by atoms with Crippen LogP contribution in [0.25, 0.3) is 0 Å². The number of hydrogen-bond acceptors (Lipinski definition) is 5. The molecule has 2 unspecified atom stereocenters. The second kappa shape index (κ2) is 11.2. The lowest BCUT2D eigenvalue weighted by Gasteiger charge is -2.32. The number of ether oxygens (including phenoxy) is 1. The zero-order chi connectivity index (χ0) is 17.5. The van der Waals surface area contributed by atoms with Gasteiger partial charge in [0.2, 0.25) is 0 Å². The van der Waals surface area contributed by atoms with Crippen LogP contribution in [0.5, 0.6) is 0 Å². The second-order valence-electron chi connectivity index (χ2n) is 6.59. The molecule has 1 aromatic rings. The van der Waals surface area contributed by atoms with Crippen LogP contribution in [0.15, 0.2) is 23.3 Å². The quantitative estimate of drug-likeness (QED) is 0.375. The van der Waals surface area contributed by atoms with Gasteiger partial charge < -0.3 is 20.3 Å². The van der Waals surface area contributed by atoms with Gasteiger partial charge in [-0.2, -0.15) is 11.8 Å². The predicted molar refractivity (Wildman–Crippen MR) is 121 cm³/mol. The standard InChI is InChI=1S/C18H29N5OS.HI/c1-14-13-23(7-8-24-14)17-6-5-15(10-20-17)11-21-18(19-2)22-12-16-4-3-9-25-16;/h5-6,10,14,16H,3-4,7-9,11-13H2,1-2H3,(H2,19,21,22);1H. The van der Waals surface area contributed by atoms with Crippen molar-refractivity contribution in [3.8, 4) is 0 Å². The van der Waals surface area contributed by atoms with Gasteiger partial charge in [0, 0.05) is 44.7 Å². The maximum Gasteiger partial charge on any atom is 0.191 e. The minimum absolute atomic E-state index is 0. The summed E-state index contributed by atoms with van der Waals surface area (Å²) in [5, 5.41) is 7.51. The number of nitrogens with one attached hydrogen (secondary N) is 2. The van der Waals surface area contributed by atoms with E-state index in [0.717, 1.165) is 55.4 Å². The Labute approximate surface area is 178 Å². The van der Waals surface area contributed by atoms with E-state index in [-0.39, 0.29) is 30.1 Å². The molecule has 2 N–H and O–H groups in total. The Kier molecular flexibility index (Phi) is 9.27. The molecule has 2 saturated heterocycles. The van der Waals surface area contributed by atoms with Crippen molar-refractivity contribution in [1.29, 1.82) is 0 Å². The molecule has 1 aromatic heterocycles. The van der Waals surface area contributed by atoms with Crippen LogP contribution in [0.4, 0.5) is 5.82 Å². The summed E-state index contributed by atoms with van der Waals surface area (Å²) < 4.78 is 5.59. The normalized spacial score (nSPS) is 23.5. The molecule has 2 aliphatic heterocycles. The highest BCUT2D eigenvalue weighted by atomic mass is 127. The lowest BCUT2D eigenvalue weighted by atomic mass is 10.2. The summed E-state index contributed by atoms with van der Waals surface area (Å²) >= 11 is 2.06. The first-order chi connectivity index (χ1) is 12.2.